The molecule has 132 valence electrons. The molecule has 1 amide bonds. The Hall–Kier alpha value is -2.35. The first-order valence-corrected chi connectivity index (χ1v) is 7.53. The molecular formula is C15H20ClN3O5. The minimum absolute atomic E-state index is 0.0260. The largest absolute Gasteiger partial charge is 0.481 e. The molecule has 3 N–H and O–H groups in total. The highest BCUT2D eigenvalue weighted by molar-refractivity contribution is 6.34. The van der Waals surface area contributed by atoms with Crippen LogP contribution in [0.25, 0.3) is 0 Å². The molecule has 0 aliphatic rings. The van der Waals surface area contributed by atoms with Crippen LogP contribution in [-0.4, -0.2) is 35.0 Å². The third-order valence-electron chi connectivity index (χ3n) is 3.51. The van der Waals surface area contributed by atoms with E-state index in [9.17, 15) is 19.7 Å². The van der Waals surface area contributed by atoms with E-state index < -0.39 is 28.3 Å². The Labute approximate surface area is 144 Å². The van der Waals surface area contributed by atoms with Gasteiger partial charge in [-0.15, -0.1) is 0 Å². The summed E-state index contributed by atoms with van der Waals surface area (Å²) in [5.41, 5.74) is -0.781. The van der Waals surface area contributed by atoms with Crippen LogP contribution in [0.3, 0.4) is 0 Å². The summed E-state index contributed by atoms with van der Waals surface area (Å²) in [7, 11) is 1.39. The summed E-state index contributed by atoms with van der Waals surface area (Å²) < 4.78 is 0. The summed E-state index contributed by atoms with van der Waals surface area (Å²) in [6, 6.07) is 1.77. The number of nitrogens with one attached hydrogen (secondary N) is 2. The number of rotatable bonds is 6. The van der Waals surface area contributed by atoms with Crippen molar-refractivity contribution >= 4 is 34.9 Å². The van der Waals surface area contributed by atoms with Gasteiger partial charge in [-0.3, -0.25) is 19.7 Å². The summed E-state index contributed by atoms with van der Waals surface area (Å²) in [4.78, 5) is 33.5. The van der Waals surface area contributed by atoms with Crippen LogP contribution in [-0.2, 0) is 4.79 Å². The van der Waals surface area contributed by atoms with Crippen LogP contribution in [0.4, 0.5) is 11.4 Å². The number of carboxylic acid groups (broad SMARTS) is 1. The fourth-order valence-corrected chi connectivity index (χ4v) is 2.32. The van der Waals surface area contributed by atoms with Gasteiger partial charge in [0.1, 0.15) is 5.69 Å². The second-order valence-corrected chi connectivity index (χ2v) is 6.75. The van der Waals surface area contributed by atoms with Crippen LogP contribution in [0.15, 0.2) is 12.1 Å². The molecule has 0 aliphatic carbocycles. The number of amides is 1. The van der Waals surface area contributed by atoms with E-state index in [1.54, 1.807) is 0 Å². The SMILES string of the molecule is CNC(=O)c1cc([N+](=O)[O-])c(N[C@H](CC(=O)O)C(C)(C)C)cc1Cl. The molecule has 0 saturated heterocycles. The molecule has 1 aromatic rings. The quantitative estimate of drug-likeness (QED) is 0.531. The van der Waals surface area contributed by atoms with Crippen molar-refractivity contribution in [1.82, 2.24) is 5.32 Å². The lowest BCUT2D eigenvalue weighted by Crippen LogP contribution is -2.36. The Morgan fingerprint density at radius 3 is 2.38 bits per heavy atom. The standard InChI is InChI=1S/C15H20ClN3O5/c1-15(2,3)12(7-13(20)21)18-10-6-9(16)8(14(22)17-4)5-11(10)19(23)24/h5-6,12,18H,7H2,1-4H3,(H,17,22)(H,20,21)/t12-/m1/s1. The van der Waals surface area contributed by atoms with Crippen molar-refractivity contribution in [2.75, 3.05) is 12.4 Å². The van der Waals surface area contributed by atoms with Crippen LogP contribution in [0, 0.1) is 15.5 Å². The van der Waals surface area contributed by atoms with Crippen molar-refractivity contribution in [3.05, 3.63) is 32.8 Å². The van der Waals surface area contributed by atoms with Gasteiger partial charge in [-0.25, -0.2) is 0 Å². The van der Waals surface area contributed by atoms with Crippen molar-refractivity contribution in [2.45, 2.75) is 33.2 Å². The van der Waals surface area contributed by atoms with E-state index in [1.165, 1.54) is 13.1 Å². The number of benzene rings is 1. The molecule has 9 heteroatoms. The molecule has 0 saturated carbocycles. The molecule has 0 aromatic heterocycles. The first-order chi connectivity index (χ1) is 11.0. The molecule has 0 unspecified atom stereocenters. The van der Waals surface area contributed by atoms with Crippen molar-refractivity contribution in [3.63, 3.8) is 0 Å². The van der Waals surface area contributed by atoms with Gasteiger partial charge >= 0.3 is 5.97 Å². The monoisotopic (exact) mass is 357 g/mol. The minimum Gasteiger partial charge on any atom is -0.481 e. The summed E-state index contributed by atoms with van der Waals surface area (Å²) in [5, 5.41) is 25.7. The zero-order valence-electron chi connectivity index (χ0n) is 13.8. The van der Waals surface area contributed by atoms with Gasteiger partial charge in [0, 0.05) is 19.2 Å². The molecule has 1 atom stereocenters. The predicted octanol–water partition coefficient (Wildman–Crippen LogP) is 2.91. The smallest absolute Gasteiger partial charge is 0.305 e. The Balaban J connectivity index is 3.36. The second kappa shape index (κ2) is 7.48. The summed E-state index contributed by atoms with van der Waals surface area (Å²) in [6.07, 6.45) is -0.227. The number of anilines is 1. The number of nitro groups is 1. The van der Waals surface area contributed by atoms with Gasteiger partial charge in [0.2, 0.25) is 0 Å². The average Bonchev–Trinajstić information content (AvgIpc) is 2.44. The number of carbonyl (C=O) groups is 2. The highest BCUT2D eigenvalue weighted by Gasteiger charge is 2.30. The molecular weight excluding hydrogens is 338 g/mol. The van der Waals surface area contributed by atoms with Crippen LogP contribution in [0.2, 0.25) is 5.02 Å². The molecule has 0 fully saturated rings. The zero-order valence-corrected chi connectivity index (χ0v) is 14.6. The number of carbonyl (C=O) groups excluding carboxylic acids is 1. The molecule has 1 aromatic carbocycles. The van der Waals surface area contributed by atoms with Crippen LogP contribution < -0.4 is 10.6 Å². The summed E-state index contributed by atoms with van der Waals surface area (Å²) in [5.74, 6) is -1.58. The molecule has 0 aliphatic heterocycles. The first-order valence-electron chi connectivity index (χ1n) is 7.15. The molecule has 8 nitrogen and oxygen atoms in total. The van der Waals surface area contributed by atoms with Gasteiger partial charge in [0.05, 0.1) is 21.9 Å². The van der Waals surface area contributed by atoms with Crippen LogP contribution >= 0.6 is 11.6 Å². The van der Waals surface area contributed by atoms with Gasteiger partial charge in [-0.05, 0) is 11.5 Å². The lowest BCUT2D eigenvalue weighted by atomic mass is 9.84. The van der Waals surface area contributed by atoms with Gasteiger partial charge in [-0.1, -0.05) is 32.4 Å². The number of nitro benzene ring substituents is 1. The van der Waals surface area contributed by atoms with E-state index in [-0.39, 0.29) is 28.4 Å². The predicted molar refractivity (Wildman–Crippen MR) is 90.6 cm³/mol. The van der Waals surface area contributed by atoms with Crippen molar-refractivity contribution in [1.29, 1.82) is 0 Å². The third kappa shape index (κ3) is 4.82. The molecule has 1 rings (SSSR count). The third-order valence-corrected chi connectivity index (χ3v) is 3.82. The van der Waals surface area contributed by atoms with Crippen molar-refractivity contribution < 1.29 is 19.6 Å². The average molecular weight is 358 g/mol. The maximum atomic E-state index is 11.7. The number of hydrogen-bond acceptors (Lipinski definition) is 5. The van der Waals surface area contributed by atoms with E-state index >= 15 is 0 Å². The number of aliphatic carboxylic acids is 1. The van der Waals surface area contributed by atoms with Crippen LogP contribution in [0.1, 0.15) is 37.6 Å². The number of nitrogens with zero attached hydrogens (tertiary/aromatic N) is 1. The zero-order chi connectivity index (χ0) is 18.7. The van der Waals surface area contributed by atoms with E-state index in [1.807, 2.05) is 20.8 Å². The Morgan fingerprint density at radius 1 is 1.38 bits per heavy atom. The van der Waals surface area contributed by atoms with Crippen molar-refractivity contribution in [2.24, 2.45) is 5.41 Å². The van der Waals surface area contributed by atoms with Gasteiger partial charge in [0.15, 0.2) is 0 Å². The van der Waals surface area contributed by atoms with Gasteiger partial charge in [-0.2, -0.15) is 0 Å². The van der Waals surface area contributed by atoms with E-state index in [2.05, 4.69) is 10.6 Å². The summed E-state index contributed by atoms with van der Waals surface area (Å²) >= 11 is 6.04. The first kappa shape index (κ1) is 19.7. The fourth-order valence-electron chi connectivity index (χ4n) is 2.07. The van der Waals surface area contributed by atoms with Crippen LogP contribution in [0.5, 0.6) is 0 Å². The molecule has 0 heterocycles. The Bertz CT molecular complexity index is 670. The topological polar surface area (TPSA) is 122 Å². The van der Waals surface area contributed by atoms with E-state index in [0.29, 0.717) is 0 Å². The Morgan fingerprint density at radius 2 is 1.96 bits per heavy atom. The molecule has 24 heavy (non-hydrogen) atoms. The number of hydrogen-bond donors (Lipinski definition) is 3. The number of halogens is 1. The number of carboxylic acids is 1. The maximum absolute atomic E-state index is 11.7. The van der Waals surface area contributed by atoms with Gasteiger partial charge in [0.25, 0.3) is 11.6 Å². The van der Waals surface area contributed by atoms with Gasteiger partial charge < -0.3 is 15.7 Å². The molecule has 0 radical (unpaired) electrons. The van der Waals surface area contributed by atoms with Crippen molar-refractivity contribution in [3.8, 4) is 0 Å². The normalized spacial score (nSPS) is 12.4. The Kier molecular flexibility index (Phi) is 6.14. The highest BCUT2D eigenvalue weighted by atomic mass is 35.5. The van der Waals surface area contributed by atoms with E-state index in [4.69, 9.17) is 16.7 Å². The highest BCUT2D eigenvalue weighted by Crippen LogP contribution is 2.34. The van der Waals surface area contributed by atoms with E-state index in [0.717, 1.165) is 6.07 Å². The maximum Gasteiger partial charge on any atom is 0.305 e. The molecule has 0 spiro atoms. The summed E-state index contributed by atoms with van der Waals surface area (Å²) in [6.45, 7) is 5.46. The second-order valence-electron chi connectivity index (χ2n) is 6.35. The lowest BCUT2D eigenvalue weighted by Gasteiger charge is -2.31. The molecule has 0 bridgehead atoms. The minimum atomic E-state index is -1.03. The fraction of sp³-hybridized carbons (Fsp3) is 0.467. The lowest BCUT2D eigenvalue weighted by molar-refractivity contribution is -0.384.